The molecule has 0 atom stereocenters. The van der Waals surface area contributed by atoms with Crippen molar-refractivity contribution in [1.29, 1.82) is 0 Å². The van der Waals surface area contributed by atoms with Crippen LogP contribution in [0.1, 0.15) is 151 Å². The van der Waals surface area contributed by atoms with Crippen molar-refractivity contribution in [3.05, 3.63) is 107 Å². The molecule has 1 amide bonds. The van der Waals surface area contributed by atoms with Gasteiger partial charge in [-0.2, -0.15) is 0 Å². The molecule has 4 aromatic rings. The van der Waals surface area contributed by atoms with Gasteiger partial charge in [-0.1, -0.05) is 92.2 Å². The van der Waals surface area contributed by atoms with Crippen molar-refractivity contribution in [2.75, 3.05) is 27.0 Å². The number of nitrogens with one attached hydrogen (secondary N) is 1. The molecule has 61 heavy (non-hydrogen) atoms. The van der Waals surface area contributed by atoms with E-state index in [1.807, 2.05) is 13.1 Å². The van der Waals surface area contributed by atoms with Crippen molar-refractivity contribution in [2.45, 2.75) is 135 Å². The summed E-state index contributed by atoms with van der Waals surface area (Å²) in [5.41, 5.74) is 13.7. The van der Waals surface area contributed by atoms with Crippen LogP contribution in [0.5, 0.6) is 11.5 Å². The van der Waals surface area contributed by atoms with Gasteiger partial charge in [-0.25, -0.2) is 0 Å². The molecule has 0 radical (unpaired) electrons. The molecule has 0 aliphatic heterocycles. The third-order valence-corrected chi connectivity index (χ3v) is 16.2. The first kappa shape index (κ1) is 48.4. The zero-order valence-corrected chi connectivity index (χ0v) is 40.3. The Balaban J connectivity index is 0.000000308. The quantitative estimate of drug-likeness (QED) is 0.0900. The second-order valence-electron chi connectivity index (χ2n) is 17.7. The molecule has 0 unspecified atom stereocenters. The zero-order chi connectivity index (χ0) is 44.3. The van der Waals surface area contributed by atoms with Crippen LogP contribution in [0.4, 0.5) is 5.69 Å². The molecule has 0 saturated heterocycles. The van der Waals surface area contributed by atoms with E-state index in [1.165, 1.54) is 60.8 Å². The number of hydrogen-bond donors (Lipinski definition) is 2. The van der Waals surface area contributed by atoms with Crippen LogP contribution >= 0.6 is 0 Å². The van der Waals surface area contributed by atoms with Gasteiger partial charge in [-0.3, -0.25) is 4.79 Å². The van der Waals surface area contributed by atoms with Gasteiger partial charge in [0, 0.05) is 18.2 Å². The van der Waals surface area contributed by atoms with E-state index in [2.05, 4.69) is 71.1 Å². The SMILES string of the molecule is CNC(=O)C(c1c(OC)ccc(OC)c1-c1c(C(C)C)cc(C(C)C)cc1C(C)C)(C1CCCCC1)C1CCCCC1.Nc1cccc[c]1[Pd][O]S(=O)(=O)Cc1ccccc1. The van der Waals surface area contributed by atoms with Crippen LogP contribution in [0, 0.1) is 11.8 Å². The van der Waals surface area contributed by atoms with E-state index in [1.54, 1.807) is 62.8 Å². The topological polar surface area (TPSA) is 117 Å². The van der Waals surface area contributed by atoms with Gasteiger partial charge in [0.15, 0.2) is 0 Å². The monoisotopic (exact) mass is 944 g/mol. The van der Waals surface area contributed by atoms with Crippen LogP contribution in [-0.4, -0.2) is 35.6 Å². The summed E-state index contributed by atoms with van der Waals surface area (Å²) in [5.74, 6) is 3.24. The van der Waals surface area contributed by atoms with Crippen LogP contribution < -0.4 is 24.6 Å². The molecular weight excluding hydrogens is 875 g/mol. The number of carbonyl (C=O) groups is 1. The second kappa shape index (κ2) is 22.1. The Morgan fingerprint density at radius 1 is 0.721 bits per heavy atom. The summed E-state index contributed by atoms with van der Waals surface area (Å²) in [7, 11) is 1.82. The minimum atomic E-state index is -3.58. The van der Waals surface area contributed by atoms with Gasteiger partial charge >= 0.3 is 121 Å². The van der Waals surface area contributed by atoms with Crippen molar-refractivity contribution in [3.63, 3.8) is 0 Å². The summed E-state index contributed by atoms with van der Waals surface area (Å²) in [5, 5.41) is 3.23. The Bertz CT molecular complexity index is 2110. The number of anilines is 1. The predicted molar refractivity (Wildman–Crippen MR) is 247 cm³/mol. The molecule has 8 nitrogen and oxygen atoms in total. The van der Waals surface area contributed by atoms with E-state index in [0.717, 1.165) is 48.3 Å². The molecule has 0 aromatic heterocycles. The number of benzene rings is 4. The third-order valence-electron chi connectivity index (χ3n) is 12.7. The number of likely N-dealkylation sites (N-methyl/N-ethyl adjacent to an activating group) is 1. The number of methoxy groups -OCH3 is 2. The first-order chi connectivity index (χ1) is 29.2. The fourth-order valence-corrected chi connectivity index (χ4v) is 12.4. The average Bonchev–Trinajstić information content (AvgIpc) is 3.26. The van der Waals surface area contributed by atoms with E-state index >= 15 is 0 Å². The molecular formula is C51H70N2O6PdS. The Morgan fingerprint density at radius 3 is 1.70 bits per heavy atom. The molecule has 2 aliphatic carbocycles. The minimum absolute atomic E-state index is 0.126. The van der Waals surface area contributed by atoms with Crippen LogP contribution in [0.3, 0.4) is 0 Å². The molecule has 3 N–H and O–H groups in total. The van der Waals surface area contributed by atoms with Gasteiger partial charge in [0.2, 0.25) is 5.91 Å². The summed E-state index contributed by atoms with van der Waals surface area (Å²) in [6, 6.07) is 25.0. The number of para-hydroxylation sites is 1. The van der Waals surface area contributed by atoms with E-state index in [9.17, 15) is 13.2 Å². The van der Waals surface area contributed by atoms with Gasteiger partial charge in [0.05, 0.1) is 19.6 Å². The van der Waals surface area contributed by atoms with Crippen LogP contribution in [0.2, 0.25) is 0 Å². The first-order valence-corrected chi connectivity index (χ1v) is 25.2. The van der Waals surface area contributed by atoms with Gasteiger partial charge in [0.1, 0.15) is 11.5 Å². The first-order valence-electron chi connectivity index (χ1n) is 22.2. The van der Waals surface area contributed by atoms with Gasteiger partial charge in [-0.05, 0) is 89.7 Å². The van der Waals surface area contributed by atoms with Crippen LogP contribution in [-0.2, 0) is 47.3 Å². The number of nitrogen functional groups attached to an aromatic ring is 1. The summed E-state index contributed by atoms with van der Waals surface area (Å²) in [4.78, 5) is 14.9. The molecule has 2 fully saturated rings. The number of rotatable bonds is 15. The summed E-state index contributed by atoms with van der Waals surface area (Å²) in [6.45, 7) is 13.8. The fourth-order valence-electron chi connectivity index (χ4n) is 9.74. The van der Waals surface area contributed by atoms with Gasteiger partial charge < -0.3 is 14.8 Å². The van der Waals surface area contributed by atoms with E-state index < -0.39 is 33.9 Å². The zero-order valence-electron chi connectivity index (χ0n) is 37.9. The van der Waals surface area contributed by atoms with Crippen LogP contribution in [0.15, 0.2) is 78.9 Å². The van der Waals surface area contributed by atoms with Crippen LogP contribution in [0.25, 0.3) is 11.1 Å². The van der Waals surface area contributed by atoms with Gasteiger partial charge in [0.25, 0.3) is 0 Å². The van der Waals surface area contributed by atoms with E-state index in [-0.39, 0.29) is 23.5 Å². The summed E-state index contributed by atoms with van der Waals surface area (Å²) >= 11 is -0.520. The number of carbonyl (C=O) groups excluding carboxylic acids is 1. The Morgan fingerprint density at radius 2 is 1.23 bits per heavy atom. The molecule has 2 aliphatic rings. The molecule has 10 heteroatoms. The maximum atomic E-state index is 14.9. The Labute approximate surface area is 375 Å². The third kappa shape index (κ3) is 11.3. The number of ether oxygens (including phenoxy) is 2. The molecule has 2 saturated carbocycles. The molecule has 0 bridgehead atoms. The van der Waals surface area contributed by atoms with Crippen molar-refractivity contribution in [1.82, 2.24) is 5.32 Å². The molecule has 4 aromatic carbocycles. The standard InChI is InChI=1S/C38H57NO3.C7H8O3S.C6H6N.Pd/c1-24(2)27-22-30(25(3)4)34(31(23-27)26(5)6)35-32(41-8)20-21-33(42-9)36(35)38(37(40)39-7,28-16-12-10-13-17-28)29-18-14-11-15-19-29;8-11(9,10)6-7-4-2-1-3-5-7;7-6-4-2-1-3-5-6;/h20-26,28-29H,10-19H2,1-9H3,(H,39,40);1-5H,6H2,(H,8,9,10);1-4H,7H2;/q;;;+1/p-1. The molecule has 0 heterocycles. The predicted octanol–water partition coefficient (Wildman–Crippen LogP) is 11.3. The summed E-state index contributed by atoms with van der Waals surface area (Å²) < 4.78 is 42.0. The fraction of sp³-hybridized carbons (Fsp3) is 0.510. The molecule has 0 spiro atoms. The normalized spacial score (nSPS) is 15.5. The molecule has 336 valence electrons. The Kier molecular flexibility index (Phi) is 17.5. The average molecular weight is 946 g/mol. The van der Waals surface area contributed by atoms with E-state index in [0.29, 0.717) is 33.0 Å². The second-order valence-corrected chi connectivity index (χ2v) is 21.1. The Hall–Kier alpha value is -3.68. The molecule has 6 rings (SSSR count). The number of hydrogen-bond acceptors (Lipinski definition) is 7. The number of nitrogens with two attached hydrogens (primary N) is 1. The van der Waals surface area contributed by atoms with Crippen molar-refractivity contribution in [2.24, 2.45) is 11.8 Å². The summed E-state index contributed by atoms with van der Waals surface area (Å²) in [6.07, 6.45) is 11.5. The van der Waals surface area contributed by atoms with E-state index in [4.69, 9.17) is 18.1 Å². The van der Waals surface area contributed by atoms with Crippen molar-refractivity contribution < 1.29 is 43.9 Å². The van der Waals surface area contributed by atoms with Crippen molar-refractivity contribution >= 4 is 25.7 Å². The number of amides is 1. The van der Waals surface area contributed by atoms with Gasteiger partial charge in [-0.15, -0.1) is 0 Å². The maximum absolute atomic E-state index is 14.9. The van der Waals surface area contributed by atoms with Crippen molar-refractivity contribution in [3.8, 4) is 22.6 Å².